The lowest BCUT2D eigenvalue weighted by Gasteiger charge is -2.09. The Hall–Kier alpha value is -1.64. The van der Waals surface area contributed by atoms with Crippen molar-refractivity contribution in [1.29, 1.82) is 0 Å². The number of nitrogens with two attached hydrogens (primary N) is 1. The number of nitrogens with one attached hydrogen (secondary N) is 1. The summed E-state index contributed by atoms with van der Waals surface area (Å²) >= 11 is 0. The van der Waals surface area contributed by atoms with Gasteiger partial charge in [0.2, 0.25) is 11.8 Å². The molecule has 0 atom stereocenters. The highest BCUT2D eigenvalue weighted by atomic mass is 16.6. The van der Waals surface area contributed by atoms with Crippen molar-refractivity contribution < 1.29 is 18.9 Å². The van der Waals surface area contributed by atoms with E-state index in [1.165, 1.54) is 0 Å². The second-order valence-corrected chi connectivity index (χ2v) is 4.05. The molecule has 3 N–H and O–H groups in total. The Labute approximate surface area is 124 Å². The largest absolute Gasteiger partial charge is 0.475 e. The van der Waals surface area contributed by atoms with Gasteiger partial charge in [0.25, 0.3) is 0 Å². The zero-order chi connectivity index (χ0) is 15.3. The van der Waals surface area contributed by atoms with Crippen molar-refractivity contribution in [2.45, 2.75) is 6.92 Å². The smallest absolute Gasteiger partial charge is 0.225 e. The molecule has 0 aromatic carbocycles. The van der Waals surface area contributed by atoms with Gasteiger partial charge < -0.3 is 30.0 Å². The van der Waals surface area contributed by atoms with Crippen LogP contribution in [0.3, 0.4) is 0 Å². The molecule has 8 heteroatoms. The maximum atomic E-state index is 5.60. The Morgan fingerprint density at radius 2 is 1.71 bits per heavy atom. The first-order valence-electron chi connectivity index (χ1n) is 6.92. The Bertz CT molecular complexity index is 392. The van der Waals surface area contributed by atoms with E-state index in [-0.39, 0.29) is 5.95 Å². The van der Waals surface area contributed by atoms with Crippen LogP contribution in [-0.2, 0) is 14.2 Å². The molecule has 8 nitrogen and oxygen atoms in total. The van der Waals surface area contributed by atoms with Gasteiger partial charge in [-0.25, -0.2) is 0 Å². The maximum Gasteiger partial charge on any atom is 0.225 e. The van der Waals surface area contributed by atoms with E-state index < -0.39 is 0 Å². The van der Waals surface area contributed by atoms with Gasteiger partial charge in [0, 0.05) is 19.7 Å². The topological polar surface area (TPSA) is 101 Å². The predicted octanol–water partition coefficient (Wildman–Crippen LogP) is 0.549. The molecule has 1 aromatic heterocycles. The summed E-state index contributed by atoms with van der Waals surface area (Å²) in [5, 5.41) is 3.05. The van der Waals surface area contributed by atoms with Crippen LogP contribution in [0.15, 0.2) is 6.07 Å². The Balaban J connectivity index is 2.12. The van der Waals surface area contributed by atoms with Gasteiger partial charge >= 0.3 is 0 Å². The molecule has 0 radical (unpaired) electrons. The first-order valence-corrected chi connectivity index (χ1v) is 6.92. The minimum atomic E-state index is 0.177. The minimum absolute atomic E-state index is 0.177. The van der Waals surface area contributed by atoms with Crippen molar-refractivity contribution in [1.82, 2.24) is 9.97 Å². The summed E-state index contributed by atoms with van der Waals surface area (Å²) in [5.74, 6) is 1.25. The summed E-state index contributed by atoms with van der Waals surface area (Å²) in [4.78, 5) is 8.03. The fourth-order valence-corrected chi connectivity index (χ4v) is 1.46. The lowest BCUT2D eigenvalue weighted by atomic mass is 10.5. The van der Waals surface area contributed by atoms with Crippen LogP contribution < -0.4 is 15.8 Å². The molecule has 1 heterocycles. The van der Waals surface area contributed by atoms with Gasteiger partial charge in [0.15, 0.2) is 0 Å². The zero-order valence-electron chi connectivity index (χ0n) is 12.6. The number of hydrogen-bond donors (Lipinski definition) is 2. The highest BCUT2D eigenvalue weighted by molar-refractivity contribution is 5.42. The number of nitrogen functional groups attached to an aromatic ring is 1. The molecule has 0 aliphatic carbocycles. The van der Waals surface area contributed by atoms with E-state index in [4.69, 9.17) is 24.7 Å². The summed E-state index contributed by atoms with van der Waals surface area (Å²) in [6.07, 6.45) is 0. The molecular weight excluding hydrogens is 276 g/mol. The zero-order valence-corrected chi connectivity index (χ0v) is 12.6. The summed E-state index contributed by atoms with van der Waals surface area (Å²) in [6, 6.07) is 1.70. The van der Waals surface area contributed by atoms with Crippen LogP contribution in [0.1, 0.15) is 6.92 Å². The van der Waals surface area contributed by atoms with E-state index in [2.05, 4.69) is 15.3 Å². The quantitative estimate of drug-likeness (QED) is 0.540. The fourth-order valence-electron chi connectivity index (χ4n) is 1.46. The summed E-state index contributed by atoms with van der Waals surface area (Å²) in [5.41, 5.74) is 5.60. The SMILES string of the molecule is CCNc1cc(OCCOCCOCCOC)nc(N)n1. The van der Waals surface area contributed by atoms with E-state index in [9.17, 15) is 0 Å². The molecule has 0 fully saturated rings. The second kappa shape index (κ2) is 11.1. The maximum absolute atomic E-state index is 5.60. The van der Waals surface area contributed by atoms with Crippen molar-refractivity contribution in [2.75, 3.05) is 64.3 Å². The van der Waals surface area contributed by atoms with E-state index in [1.54, 1.807) is 13.2 Å². The van der Waals surface area contributed by atoms with Crippen LogP contribution in [0, 0.1) is 0 Å². The van der Waals surface area contributed by atoms with Crippen molar-refractivity contribution in [2.24, 2.45) is 0 Å². The molecule has 0 amide bonds. The number of anilines is 2. The van der Waals surface area contributed by atoms with Gasteiger partial charge in [0.1, 0.15) is 12.4 Å². The fraction of sp³-hybridized carbons (Fsp3) is 0.692. The summed E-state index contributed by atoms with van der Waals surface area (Å²) in [7, 11) is 1.64. The number of ether oxygens (including phenoxy) is 4. The lowest BCUT2D eigenvalue weighted by Crippen LogP contribution is -2.13. The van der Waals surface area contributed by atoms with Crippen LogP contribution in [0.4, 0.5) is 11.8 Å². The molecule has 1 rings (SSSR count). The average Bonchev–Trinajstić information content (AvgIpc) is 2.45. The molecule has 1 aromatic rings. The van der Waals surface area contributed by atoms with E-state index >= 15 is 0 Å². The second-order valence-electron chi connectivity index (χ2n) is 4.05. The molecule has 0 spiro atoms. The van der Waals surface area contributed by atoms with E-state index in [0.29, 0.717) is 51.3 Å². The normalized spacial score (nSPS) is 10.6. The highest BCUT2D eigenvalue weighted by Crippen LogP contribution is 2.14. The average molecular weight is 300 g/mol. The first kappa shape index (κ1) is 17.4. The van der Waals surface area contributed by atoms with Crippen LogP contribution in [0.25, 0.3) is 0 Å². The Kier molecular flexibility index (Phi) is 9.18. The van der Waals surface area contributed by atoms with Gasteiger partial charge in [-0.05, 0) is 6.92 Å². The van der Waals surface area contributed by atoms with Crippen molar-refractivity contribution in [3.63, 3.8) is 0 Å². The molecule has 0 aliphatic rings. The third-order valence-electron chi connectivity index (χ3n) is 2.36. The van der Waals surface area contributed by atoms with Gasteiger partial charge in [-0.2, -0.15) is 9.97 Å². The molecule has 21 heavy (non-hydrogen) atoms. The molecule has 0 bridgehead atoms. The predicted molar refractivity (Wildman–Crippen MR) is 79.6 cm³/mol. The lowest BCUT2D eigenvalue weighted by molar-refractivity contribution is 0.0176. The molecular formula is C13H24N4O4. The summed E-state index contributed by atoms with van der Waals surface area (Å²) in [6.45, 7) is 5.78. The Morgan fingerprint density at radius 1 is 1.05 bits per heavy atom. The molecule has 0 aliphatic heterocycles. The Morgan fingerprint density at radius 3 is 2.38 bits per heavy atom. The van der Waals surface area contributed by atoms with Gasteiger partial charge in [-0.3, -0.25) is 0 Å². The molecule has 0 saturated heterocycles. The molecule has 120 valence electrons. The number of rotatable bonds is 12. The minimum Gasteiger partial charge on any atom is -0.475 e. The van der Waals surface area contributed by atoms with Crippen LogP contribution in [-0.4, -0.2) is 63.3 Å². The van der Waals surface area contributed by atoms with E-state index in [0.717, 1.165) is 6.54 Å². The van der Waals surface area contributed by atoms with Crippen LogP contribution in [0.5, 0.6) is 5.88 Å². The van der Waals surface area contributed by atoms with Crippen LogP contribution >= 0.6 is 0 Å². The van der Waals surface area contributed by atoms with Gasteiger partial charge in [0.05, 0.1) is 33.0 Å². The van der Waals surface area contributed by atoms with Gasteiger partial charge in [-0.1, -0.05) is 0 Å². The number of hydrogen-bond acceptors (Lipinski definition) is 8. The number of nitrogens with zero attached hydrogens (tertiary/aromatic N) is 2. The van der Waals surface area contributed by atoms with Crippen molar-refractivity contribution >= 4 is 11.8 Å². The monoisotopic (exact) mass is 300 g/mol. The number of methoxy groups -OCH3 is 1. The molecule has 0 saturated carbocycles. The first-order chi connectivity index (χ1) is 10.3. The highest BCUT2D eigenvalue weighted by Gasteiger charge is 2.02. The molecule has 0 unspecified atom stereocenters. The third-order valence-corrected chi connectivity index (χ3v) is 2.36. The van der Waals surface area contributed by atoms with Gasteiger partial charge in [-0.15, -0.1) is 0 Å². The number of aromatic nitrogens is 2. The summed E-state index contributed by atoms with van der Waals surface area (Å²) < 4.78 is 20.9. The third kappa shape index (κ3) is 8.28. The standard InChI is InChI=1S/C13H24N4O4/c1-3-15-11-10-12(17-13(14)16-11)21-9-8-20-7-6-19-5-4-18-2/h10H,3-9H2,1-2H3,(H3,14,15,16,17). The van der Waals surface area contributed by atoms with E-state index in [1.807, 2.05) is 6.92 Å². The van der Waals surface area contributed by atoms with Crippen molar-refractivity contribution in [3.8, 4) is 5.88 Å². The van der Waals surface area contributed by atoms with Crippen LogP contribution in [0.2, 0.25) is 0 Å². The van der Waals surface area contributed by atoms with Crippen molar-refractivity contribution in [3.05, 3.63) is 6.07 Å².